The number of carbonyl (C=O) groups is 2. The third-order valence-electron chi connectivity index (χ3n) is 5.41. The number of fused-ring (bicyclic) bond motifs is 1. The Morgan fingerprint density at radius 3 is 2.82 bits per heavy atom. The molecule has 5 rings (SSSR count). The van der Waals surface area contributed by atoms with E-state index in [1.54, 1.807) is 18.3 Å². The van der Waals surface area contributed by atoms with Gasteiger partial charge in [0.2, 0.25) is 5.95 Å². The number of nitrogen functional groups attached to an aromatic ring is 1. The number of hydrogen-bond acceptors (Lipinski definition) is 7. The summed E-state index contributed by atoms with van der Waals surface area (Å²) in [5.74, 6) is -0.335. The highest BCUT2D eigenvalue weighted by atomic mass is 32.1. The van der Waals surface area contributed by atoms with Crippen molar-refractivity contribution < 1.29 is 14.3 Å². The molecule has 0 radical (unpaired) electrons. The van der Waals surface area contributed by atoms with Crippen LogP contribution in [-0.2, 0) is 11.3 Å². The van der Waals surface area contributed by atoms with Gasteiger partial charge in [0.05, 0.1) is 23.1 Å². The maximum atomic E-state index is 13.0. The van der Waals surface area contributed by atoms with Gasteiger partial charge in [0.15, 0.2) is 5.65 Å². The Labute approximate surface area is 193 Å². The number of pyridine rings is 1. The van der Waals surface area contributed by atoms with Crippen molar-refractivity contribution >= 4 is 34.7 Å². The molecule has 9 nitrogen and oxygen atoms in total. The quantitative estimate of drug-likeness (QED) is 0.405. The molecule has 1 saturated heterocycles. The fraction of sp³-hybridized carbons (Fsp3) is 0.217. The molecule has 0 unspecified atom stereocenters. The van der Waals surface area contributed by atoms with Crippen LogP contribution in [0.4, 0.5) is 5.95 Å². The first kappa shape index (κ1) is 21.1. The van der Waals surface area contributed by atoms with Crippen LogP contribution in [0.1, 0.15) is 32.0 Å². The lowest BCUT2D eigenvalue weighted by Gasteiger charge is -2.12. The van der Waals surface area contributed by atoms with E-state index in [0.717, 1.165) is 23.1 Å². The largest absolute Gasteiger partial charge is 0.379 e. The Hall–Kier alpha value is -3.76. The number of carbonyl (C=O) groups excluding carboxylic acids is 2. The van der Waals surface area contributed by atoms with Crippen LogP contribution in [0.15, 0.2) is 54.0 Å². The van der Waals surface area contributed by atoms with Gasteiger partial charge in [-0.25, -0.2) is 4.52 Å². The zero-order chi connectivity index (χ0) is 22.8. The van der Waals surface area contributed by atoms with Crippen LogP contribution in [-0.4, -0.2) is 45.7 Å². The number of aromatic nitrogens is 3. The number of nitrogens with one attached hydrogen (secondary N) is 2. The molecule has 0 aliphatic carbocycles. The van der Waals surface area contributed by atoms with Gasteiger partial charge in [0.25, 0.3) is 11.8 Å². The molecule has 4 N–H and O–H groups in total. The third-order valence-corrected chi connectivity index (χ3v) is 6.34. The van der Waals surface area contributed by atoms with Crippen LogP contribution in [0.5, 0.6) is 0 Å². The molecular formula is C23H22N6O3S. The summed E-state index contributed by atoms with van der Waals surface area (Å²) >= 11 is 1.34. The second kappa shape index (κ2) is 9.00. The van der Waals surface area contributed by atoms with Crippen molar-refractivity contribution in [2.45, 2.75) is 19.0 Å². The number of nitrogens with zero attached hydrogens (tertiary/aromatic N) is 3. The van der Waals surface area contributed by atoms with E-state index >= 15 is 0 Å². The zero-order valence-electron chi connectivity index (χ0n) is 17.7. The van der Waals surface area contributed by atoms with Gasteiger partial charge in [-0.15, -0.1) is 16.4 Å². The van der Waals surface area contributed by atoms with Crippen LogP contribution < -0.4 is 16.4 Å². The first-order chi connectivity index (χ1) is 16.1. The van der Waals surface area contributed by atoms with Gasteiger partial charge in [-0.1, -0.05) is 30.3 Å². The van der Waals surface area contributed by atoms with Gasteiger partial charge in [0.1, 0.15) is 0 Å². The summed E-state index contributed by atoms with van der Waals surface area (Å²) in [5, 5.41) is 12.0. The van der Waals surface area contributed by atoms with Crippen molar-refractivity contribution in [3.8, 4) is 11.1 Å². The van der Waals surface area contributed by atoms with Gasteiger partial charge in [-0.05, 0) is 35.1 Å². The molecule has 10 heteroatoms. The van der Waals surface area contributed by atoms with Crippen LogP contribution in [0.25, 0.3) is 16.8 Å². The summed E-state index contributed by atoms with van der Waals surface area (Å²) < 4.78 is 6.84. The molecule has 1 aliphatic heterocycles. The maximum absolute atomic E-state index is 13.0. The Balaban J connectivity index is 1.40. The van der Waals surface area contributed by atoms with E-state index in [4.69, 9.17) is 10.5 Å². The maximum Gasteiger partial charge on any atom is 0.261 e. The predicted molar refractivity (Wildman–Crippen MR) is 125 cm³/mol. The van der Waals surface area contributed by atoms with Gasteiger partial charge < -0.3 is 21.1 Å². The average molecular weight is 463 g/mol. The molecule has 168 valence electrons. The summed E-state index contributed by atoms with van der Waals surface area (Å²) in [6.45, 7) is 1.57. The fourth-order valence-corrected chi connectivity index (χ4v) is 4.54. The van der Waals surface area contributed by atoms with Crippen molar-refractivity contribution in [3.63, 3.8) is 0 Å². The zero-order valence-corrected chi connectivity index (χ0v) is 18.5. The first-order valence-electron chi connectivity index (χ1n) is 10.5. The van der Waals surface area contributed by atoms with E-state index in [0.29, 0.717) is 35.8 Å². The SMILES string of the molecule is Nc1nc2c(C(=O)N[C@H]3CCOC3)cc(-c3csc(C(=O)NCc4ccccc4)c3)cn2n1. The molecule has 4 heterocycles. The number of ether oxygens (including phenoxy) is 1. The first-order valence-corrected chi connectivity index (χ1v) is 11.4. The minimum atomic E-state index is -0.263. The van der Waals surface area contributed by atoms with E-state index in [9.17, 15) is 9.59 Å². The molecule has 1 aliphatic rings. The number of thiophene rings is 1. The van der Waals surface area contributed by atoms with E-state index in [1.807, 2.05) is 35.7 Å². The highest BCUT2D eigenvalue weighted by Gasteiger charge is 2.22. The monoisotopic (exact) mass is 462 g/mol. The van der Waals surface area contributed by atoms with Crippen LogP contribution in [0, 0.1) is 0 Å². The van der Waals surface area contributed by atoms with E-state index in [-0.39, 0.29) is 23.8 Å². The van der Waals surface area contributed by atoms with E-state index in [2.05, 4.69) is 20.7 Å². The van der Waals surface area contributed by atoms with Gasteiger partial charge in [0, 0.05) is 24.9 Å². The van der Waals surface area contributed by atoms with Gasteiger partial charge >= 0.3 is 0 Å². The molecular weight excluding hydrogens is 440 g/mol. The molecule has 0 saturated carbocycles. The predicted octanol–water partition coefficient (Wildman–Crippen LogP) is 2.49. The van der Waals surface area contributed by atoms with Crippen molar-refractivity contribution in [2.24, 2.45) is 0 Å². The van der Waals surface area contributed by atoms with E-state index in [1.165, 1.54) is 15.9 Å². The highest BCUT2D eigenvalue weighted by molar-refractivity contribution is 7.12. The summed E-state index contributed by atoms with van der Waals surface area (Å²) in [4.78, 5) is 30.4. The Bertz CT molecular complexity index is 1310. The molecule has 3 aromatic heterocycles. The lowest BCUT2D eigenvalue weighted by Crippen LogP contribution is -2.35. The third kappa shape index (κ3) is 4.57. The topological polar surface area (TPSA) is 124 Å². The van der Waals surface area contributed by atoms with Crippen LogP contribution >= 0.6 is 11.3 Å². The number of nitrogens with two attached hydrogens (primary N) is 1. The molecule has 1 atom stereocenters. The second-order valence-electron chi connectivity index (χ2n) is 7.78. The summed E-state index contributed by atoms with van der Waals surface area (Å²) in [6.07, 6.45) is 2.52. The summed E-state index contributed by atoms with van der Waals surface area (Å²) in [6, 6.07) is 13.2. The second-order valence-corrected chi connectivity index (χ2v) is 8.69. The van der Waals surface area contributed by atoms with Gasteiger partial charge in [-0.3, -0.25) is 9.59 Å². The summed E-state index contributed by atoms with van der Waals surface area (Å²) in [7, 11) is 0. The van der Waals surface area contributed by atoms with Crippen molar-refractivity contribution in [1.82, 2.24) is 25.2 Å². The normalized spacial score (nSPS) is 15.6. The fourth-order valence-electron chi connectivity index (χ4n) is 3.71. The molecule has 2 amide bonds. The molecule has 1 fully saturated rings. The smallest absolute Gasteiger partial charge is 0.261 e. The van der Waals surface area contributed by atoms with Crippen LogP contribution in [0.2, 0.25) is 0 Å². The van der Waals surface area contributed by atoms with Crippen molar-refractivity contribution in [3.05, 3.63) is 70.0 Å². The Morgan fingerprint density at radius 1 is 1.18 bits per heavy atom. The lowest BCUT2D eigenvalue weighted by atomic mass is 10.1. The molecule has 4 aromatic rings. The number of amides is 2. The van der Waals surface area contributed by atoms with Crippen LogP contribution in [0.3, 0.4) is 0 Å². The van der Waals surface area contributed by atoms with Crippen molar-refractivity contribution in [1.29, 1.82) is 0 Å². The number of hydrogen-bond donors (Lipinski definition) is 3. The summed E-state index contributed by atoms with van der Waals surface area (Å²) in [5.41, 5.74) is 9.10. The van der Waals surface area contributed by atoms with Gasteiger partial charge in [-0.2, -0.15) is 4.98 Å². The molecule has 0 bridgehead atoms. The lowest BCUT2D eigenvalue weighted by molar-refractivity contribution is 0.0928. The molecule has 33 heavy (non-hydrogen) atoms. The number of rotatable bonds is 6. The number of anilines is 1. The minimum Gasteiger partial charge on any atom is -0.379 e. The molecule has 1 aromatic carbocycles. The van der Waals surface area contributed by atoms with Crippen molar-refractivity contribution in [2.75, 3.05) is 18.9 Å². The highest BCUT2D eigenvalue weighted by Crippen LogP contribution is 2.28. The Kier molecular flexibility index (Phi) is 5.76. The minimum absolute atomic E-state index is 0.0393. The molecule has 0 spiro atoms. The number of benzene rings is 1. The Morgan fingerprint density at radius 2 is 2.03 bits per heavy atom. The standard InChI is InChI=1S/C23H22N6O3S/c24-23-27-20-18(21(30)26-17-6-7-32-12-17)8-15(11-29(20)28-23)16-9-19(33-13-16)22(31)25-10-14-4-2-1-3-5-14/h1-5,8-9,11,13,17H,6-7,10,12H2,(H2,24,28)(H,25,31)(H,26,30)/t17-/m0/s1. The van der Waals surface area contributed by atoms with E-state index < -0.39 is 0 Å². The average Bonchev–Trinajstić information content (AvgIpc) is 3.57.